The predicted molar refractivity (Wildman–Crippen MR) is 79.7 cm³/mol. The van der Waals surface area contributed by atoms with Crippen LogP contribution in [0.2, 0.25) is 0 Å². The van der Waals surface area contributed by atoms with Crippen molar-refractivity contribution in [2.45, 2.75) is 31.9 Å². The summed E-state index contributed by atoms with van der Waals surface area (Å²) in [6, 6.07) is 6.07. The molecule has 5 nitrogen and oxygen atoms in total. The smallest absolute Gasteiger partial charge is 0.265 e. The minimum Gasteiger partial charge on any atom is -0.479 e. The SMILES string of the molecule is CC1Oc2ccc(NC3CCS(=O)CC3)cc2NC1=O. The Balaban J connectivity index is 1.71. The molecule has 2 aliphatic rings. The number of hydrogen-bond acceptors (Lipinski definition) is 4. The quantitative estimate of drug-likeness (QED) is 0.871. The lowest BCUT2D eigenvalue weighted by Crippen LogP contribution is -2.34. The maximum absolute atomic E-state index is 11.6. The molecule has 0 aliphatic carbocycles. The Bertz CT molecular complexity index is 551. The van der Waals surface area contributed by atoms with E-state index in [-0.39, 0.29) is 5.91 Å². The van der Waals surface area contributed by atoms with Crippen molar-refractivity contribution in [1.82, 2.24) is 0 Å². The van der Waals surface area contributed by atoms with Crippen LogP contribution in [-0.4, -0.2) is 33.8 Å². The van der Waals surface area contributed by atoms with Crippen LogP contribution < -0.4 is 15.4 Å². The Labute approximate surface area is 120 Å². The van der Waals surface area contributed by atoms with Crippen LogP contribution in [0.3, 0.4) is 0 Å². The van der Waals surface area contributed by atoms with E-state index in [0.29, 0.717) is 17.5 Å². The van der Waals surface area contributed by atoms with Gasteiger partial charge in [0.2, 0.25) is 0 Å². The lowest BCUT2D eigenvalue weighted by Gasteiger charge is -2.26. The summed E-state index contributed by atoms with van der Waals surface area (Å²) >= 11 is 0. The molecule has 1 saturated heterocycles. The Morgan fingerprint density at radius 1 is 1.35 bits per heavy atom. The average molecular weight is 294 g/mol. The maximum Gasteiger partial charge on any atom is 0.265 e. The largest absolute Gasteiger partial charge is 0.479 e. The highest BCUT2D eigenvalue weighted by Gasteiger charge is 2.24. The van der Waals surface area contributed by atoms with Crippen LogP contribution in [0.25, 0.3) is 0 Å². The monoisotopic (exact) mass is 294 g/mol. The molecule has 0 saturated carbocycles. The van der Waals surface area contributed by atoms with E-state index in [2.05, 4.69) is 10.6 Å². The first-order valence-corrected chi connectivity index (χ1v) is 8.34. The molecule has 1 amide bonds. The van der Waals surface area contributed by atoms with Crippen LogP contribution >= 0.6 is 0 Å². The number of anilines is 2. The van der Waals surface area contributed by atoms with Crippen molar-refractivity contribution in [1.29, 1.82) is 0 Å². The third kappa shape index (κ3) is 2.80. The summed E-state index contributed by atoms with van der Waals surface area (Å²) in [7, 11) is -0.647. The van der Waals surface area contributed by atoms with Crippen LogP contribution in [0.1, 0.15) is 19.8 Å². The molecule has 0 spiro atoms. The third-order valence-electron chi connectivity index (χ3n) is 3.67. The number of fused-ring (bicyclic) bond motifs is 1. The highest BCUT2D eigenvalue weighted by molar-refractivity contribution is 7.85. The molecule has 0 bridgehead atoms. The van der Waals surface area contributed by atoms with Gasteiger partial charge in [0, 0.05) is 34.0 Å². The molecule has 0 aromatic heterocycles. The Morgan fingerprint density at radius 2 is 2.10 bits per heavy atom. The van der Waals surface area contributed by atoms with Crippen LogP contribution in [0.15, 0.2) is 18.2 Å². The second-order valence-corrected chi connectivity index (χ2v) is 6.92. The van der Waals surface area contributed by atoms with E-state index in [1.165, 1.54) is 0 Å². The zero-order valence-electron chi connectivity index (χ0n) is 11.3. The van der Waals surface area contributed by atoms with Gasteiger partial charge < -0.3 is 15.4 Å². The molecule has 108 valence electrons. The van der Waals surface area contributed by atoms with Crippen LogP contribution in [-0.2, 0) is 15.6 Å². The van der Waals surface area contributed by atoms with Gasteiger partial charge in [0.15, 0.2) is 6.10 Å². The van der Waals surface area contributed by atoms with E-state index < -0.39 is 16.9 Å². The molecule has 0 radical (unpaired) electrons. The first-order valence-electron chi connectivity index (χ1n) is 6.85. The van der Waals surface area contributed by atoms with Crippen molar-refractivity contribution in [3.05, 3.63) is 18.2 Å². The number of benzene rings is 1. The fraction of sp³-hybridized carbons (Fsp3) is 0.500. The Morgan fingerprint density at radius 3 is 2.85 bits per heavy atom. The first-order chi connectivity index (χ1) is 9.61. The van der Waals surface area contributed by atoms with Crippen molar-refractivity contribution in [2.24, 2.45) is 0 Å². The minimum absolute atomic E-state index is 0.122. The third-order valence-corrected chi connectivity index (χ3v) is 5.05. The zero-order chi connectivity index (χ0) is 14.1. The molecular formula is C14H18N2O3S. The summed E-state index contributed by atoms with van der Waals surface area (Å²) < 4.78 is 16.9. The molecular weight excluding hydrogens is 276 g/mol. The van der Waals surface area contributed by atoms with Crippen LogP contribution in [0.4, 0.5) is 11.4 Å². The summed E-state index contributed by atoms with van der Waals surface area (Å²) in [4.78, 5) is 11.6. The summed E-state index contributed by atoms with van der Waals surface area (Å²) in [5.74, 6) is 2.11. The van der Waals surface area contributed by atoms with Crippen molar-refractivity contribution >= 4 is 28.1 Å². The van der Waals surface area contributed by atoms with Crippen molar-refractivity contribution in [2.75, 3.05) is 22.1 Å². The number of rotatable bonds is 2. The van der Waals surface area contributed by atoms with Crippen molar-refractivity contribution in [3.63, 3.8) is 0 Å². The van der Waals surface area contributed by atoms with Gasteiger partial charge in [-0.15, -0.1) is 0 Å². The second-order valence-electron chi connectivity index (χ2n) is 5.23. The summed E-state index contributed by atoms with van der Waals surface area (Å²) in [5.41, 5.74) is 1.66. The lowest BCUT2D eigenvalue weighted by molar-refractivity contribution is -0.122. The standard InChI is InChI=1S/C14H18N2O3S/c1-9-14(17)16-12-8-11(2-3-13(12)19-9)15-10-4-6-20(18)7-5-10/h2-3,8-10,15H,4-7H2,1H3,(H,16,17). The van der Waals surface area contributed by atoms with Crippen LogP contribution in [0.5, 0.6) is 5.75 Å². The highest BCUT2D eigenvalue weighted by atomic mass is 32.2. The van der Waals surface area contributed by atoms with Gasteiger partial charge in [0.05, 0.1) is 5.69 Å². The molecule has 1 aromatic rings. The number of amides is 1. The summed E-state index contributed by atoms with van der Waals surface area (Å²) in [6.45, 7) is 1.73. The molecule has 1 fully saturated rings. The van der Waals surface area contributed by atoms with E-state index in [0.717, 1.165) is 30.0 Å². The number of ether oxygens (including phenoxy) is 1. The first kappa shape index (κ1) is 13.4. The van der Waals surface area contributed by atoms with E-state index in [1.54, 1.807) is 6.92 Å². The highest BCUT2D eigenvalue weighted by Crippen LogP contribution is 2.32. The zero-order valence-corrected chi connectivity index (χ0v) is 12.2. The fourth-order valence-corrected chi connectivity index (χ4v) is 3.77. The predicted octanol–water partition coefficient (Wildman–Crippen LogP) is 1.73. The topological polar surface area (TPSA) is 67.4 Å². The Hall–Kier alpha value is -1.56. The number of hydrogen-bond donors (Lipinski definition) is 2. The van der Waals surface area contributed by atoms with E-state index in [9.17, 15) is 9.00 Å². The maximum atomic E-state index is 11.6. The number of nitrogens with one attached hydrogen (secondary N) is 2. The summed E-state index contributed by atoms with van der Waals surface area (Å²) in [6.07, 6.45) is 1.39. The number of carbonyl (C=O) groups is 1. The van der Waals surface area contributed by atoms with Gasteiger partial charge in [-0.25, -0.2) is 0 Å². The molecule has 20 heavy (non-hydrogen) atoms. The average Bonchev–Trinajstić information content (AvgIpc) is 2.43. The normalized spacial score (nSPS) is 29.1. The second kappa shape index (κ2) is 5.44. The molecule has 1 unspecified atom stereocenters. The van der Waals surface area contributed by atoms with Gasteiger partial charge in [0.25, 0.3) is 5.91 Å². The van der Waals surface area contributed by atoms with E-state index >= 15 is 0 Å². The molecule has 3 rings (SSSR count). The summed E-state index contributed by atoms with van der Waals surface area (Å²) in [5, 5.41) is 6.28. The molecule has 2 heterocycles. The molecule has 1 atom stereocenters. The van der Waals surface area contributed by atoms with Crippen molar-refractivity contribution in [3.8, 4) is 5.75 Å². The van der Waals surface area contributed by atoms with Crippen LogP contribution in [0, 0.1) is 0 Å². The van der Waals surface area contributed by atoms with Gasteiger partial charge in [0.1, 0.15) is 5.75 Å². The number of carbonyl (C=O) groups excluding carboxylic acids is 1. The molecule has 1 aromatic carbocycles. The van der Waals surface area contributed by atoms with Gasteiger partial charge in [-0.05, 0) is 38.0 Å². The Kier molecular flexibility index (Phi) is 3.65. The lowest BCUT2D eigenvalue weighted by atomic mass is 10.1. The van der Waals surface area contributed by atoms with Gasteiger partial charge >= 0.3 is 0 Å². The van der Waals surface area contributed by atoms with Gasteiger partial charge in [-0.3, -0.25) is 9.00 Å². The molecule has 2 N–H and O–H groups in total. The molecule has 6 heteroatoms. The fourth-order valence-electron chi connectivity index (χ4n) is 2.47. The minimum atomic E-state index is -0.647. The van der Waals surface area contributed by atoms with Crippen molar-refractivity contribution < 1.29 is 13.7 Å². The van der Waals surface area contributed by atoms with Gasteiger partial charge in [-0.1, -0.05) is 0 Å². The van der Waals surface area contributed by atoms with Gasteiger partial charge in [-0.2, -0.15) is 0 Å². The van der Waals surface area contributed by atoms with E-state index in [1.807, 2.05) is 18.2 Å². The molecule has 2 aliphatic heterocycles. The van der Waals surface area contributed by atoms with E-state index in [4.69, 9.17) is 4.74 Å².